The van der Waals surface area contributed by atoms with Crippen molar-refractivity contribution in [1.82, 2.24) is 0 Å². The number of hydrogen-bond donors (Lipinski definition) is 0. The van der Waals surface area contributed by atoms with E-state index in [0.717, 1.165) is 0 Å². The van der Waals surface area contributed by atoms with E-state index in [4.69, 9.17) is 4.12 Å². The molecule has 5 heteroatoms. The minimum atomic E-state index is -2.00. The molecule has 1 nitrogen and oxygen atoms in total. The van der Waals surface area contributed by atoms with Crippen LogP contribution in [-0.4, -0.2) is 16.6 Å². The molecule has 0 fully saturated rings. The second kappa shape index (κ2) is 16.5. The molecule has 7 rings (SSSR count). The van der Waals surface area contributed by atoms with Crippen LogP contribution < -0.4 is 10.4 Å². The summed E-state index contributed by atoms with van der Waals surface area (Å²) in [5.41, 5.74) is 2.84. The molecular formula is C38H46ORh2Si2-2. The Bertz CT molecular complexity index is 1410. The number of benzene rings is 2. The fraction of sp³-hybridized carbons (Fsp3) is 0.316. The van der Waals surface area contributed by atoms with E-state index in [9.17, 15) is 0 Å². The van der Waals surface area contributed by atoms with Crippen molar-refractivity contribution in [3.8, 4) is 11.1 Å². The molecule has 0 saturated heterocycles. The Morgan fingerprint density at radius 2 is 0.744 bits per heavy atom. The van der Waals surface area contributed by atoms with Gasteiger partial charge in [0, 0.05) is 39.0 Å². The normalized spacial score (nSPS) is 18.0. The Morgan fingerprint density at radius 3 is 1.05 bits per heavy atom. The zero-order valence-corrected chi connectivity index (χ0v) is 31.4. The van der Waals surface area contributed by atoms with Gasteiger partial charge in [-0.3, -0.25) is 0 Å². The first-order valence-electron chi connectivity index (χ1n) is 15.6. The zero-order chi connectivity index (χ0) is 28.7. The van der Waals surface area contributed by atoms with Gasteiger partial charge in [-0.1, -0.05) is 99.1 Å². The summed E-state index contributed by atoms with van der Waals surface area (Å²) in [4.78, 5) is 0. The molecule has 43 heavy (non-hydrogen) atoms. The van der Waals surface area contributed by atoms with Crippen LogP contribution in [0.25, 0.3) is 32.7 Å². The third-order valence-electron chi connectivity index (χ3n) is 8.27. The van der Waals surface area contributed by atoms with Gasteiger partial charge < -0.3 is 4.12 Å². The van der Waals surface area contributed by atoms with E-state index in [1.807, 2.05) is 0 Å². The molecule has 0 bridgehead atoms. The smallest absolute Gasteiger partial charge is 0.152 e. The van der Waals surface area contributed by atoms with Crippen molar-refractivity contribution in [2.24, 2.45) is 0 Å². The fourth-order valence-corrected chi connectivity index (χ4v) is 16.0. The molecule has 1 heterocycles. The number of fused-ring (bicyclic) bond motifs is 7. The van der Waals surface area contributed by atoms with E-state index in [-0.39, 0.29) is 39.0 Å². The van der Waals surface area contributed by atoms with Crippen LogP contribution >= 0.6 is 0 Å². The second-order valence-corrected chi connectivity index (χ2v) is 20.2. The van der Waals surface area contributed by atoms with E-state index >= 15 is 0 Å². The van der Waals surface area contributed by atoms with E-state index in [2.05, 4.69) is 135 Å². The molecule has 0 unspecified atom stereocenters. The standard InChI is InChI=1S/C22H22OSi2.2C8H12.2Rh/c1-24(2)21-17-11-7-5-9-15(17)13-19(21)20-14-16-10-6-8-12-18(16)22(20)25(3,4)23-24;2*1-2-4-6-8-7-5-3-1;;/h5-14H,1-4H3;2*1-2,7-8H,3-6H2;;/q-2;;;;. The summed E-state index contributed by atoms with van der Waals surface area (Å²) in [6.45, 7) is 9.50. The predicted octanol–water partition coefficient (Wildman–Crippen LogP) is 10.3. The van der Waals surface area contributed by atoms with Crippen LogP contribution in [0.2, 0.25) is 26.2 Å². The van der Waals surface area contributed by atoms with E-state index < -0.39 is 16.6 Å². The van der Waals surface area contributed by atoms with Crippen LogP contribution in [0.3, 0.4) is 0 Å². The molecular weight excluding hydrogens is 734 g/mol. The topological polar surface area (TPSA) is 9.23 Å². The van der Waals surface area contributed by atoms with Crippen LogP contribution in [0.15, 0.2) is 109 Å². The summed E-state index contributed by atoms with van der Waals surface area (Å²) in [5, 5.41) is 8.42. The molecule has 232 valence electrons. The van der Waals surface area contributed by atoms with Crippen LogP contribution in [-0.2, 0) is 43.1 Å². The first-order valence-corrected chi connectivity index (χ1v) is 21.4. The van der Waals surface area contributed by atoms with Gasteiger partial charge in [-0.15, -0.1) is 45.8 Å². The average Bonchev–Trinajstić information content (AvgIpc) is 3.46. The van der Waals surface area contributed by atoms with Gasteiger partial charge in [0.05, 0.1) is 0 Å². The maximum atomic E-state index is 7.05. The molecule has 0 N–H and O–H groups in total. The minimum absolute atomic E-state index is 0. The molecule has 4 aromatic rings. The maximum absolute atomic E-state index is 7.05. The molecule has 0 amide bonds. The van der Waals surface area contributed by atoms with Gasteiger partial charge in [0.1, 0.15) is 0 Å². The third-order valence-corrected chi connectivity index (χ3v) is 15.8. The van der Waals surface area contributed by atoms with Gasteiger partial charge >= 0.3 is 0 Å². The van der Waals surface area contributed by atoms with Crippen molar-refractivity contribution < 1.29 is 43.1 Å². The summed E-state index contributed by atoms with van der Waals surface area (Å²) < 4.78 is 7.05. The van der Waals surface area contributed by atoms with Crippen LogP contribution in [0.5, 0.6) is 0 Å². The van der Waals surface area contributed by atoms with Crippen LogP contribution in [0.4, 0.5) is 0 Å². The summed E-state index contributed by atoms with van der Waals surface area (Å²) in [6.07, 6.45) is 28.0. The molecule has 1 aliphatic heterocycles. The van der Waals surface area contributed by atoms with Crippen molar-refractivity contribution >= 4 is 48.6 Å². The molecule has 0 atom stereocenters. The van der Waals surface area contributed by atoms with Crippen molar-refractivity contribution in [3.05, 3.63) is 109 Å². The fourth-order valence-electron chi connectivity index (χ4n) is 6.62. The molecule has 3 aliphatic rings. The largest absolute Gasteiger partial charge is 0.462 e. The Kier molecular flexibility index (Phi) is 13.7. The quantitative estimate of drug-likeness (QED) is 0.0981. The van der Waals surface area contributed by atoms with Crippen molar-refractivity contribution in [2.45, 2.75) is 77.6 Å². The maximum Gasteiger partial charge on any atom is 0.152 e. The Morgan fingerprint density at radius 1 is 0.465 bits per heavy atom. The summed E-state index contributed by atoms with van der Waals surface area (Å²) in [6, 6.07) is 22.4. The van der Waals surface area contributed by atoms with Crippen molar-refractivity contribution in [3.63, 3.8) is 0 Å². The predicted molar refractivity (Wildman–Crippen MR) is 187 cm³/mol. The molecule has 4 aromatic carbocycles. The molecule has 0 aromatic heterocycles. The van der Waals surface area contributed by atoms with Gasteiger partial charge in [-0.2, -0.15) is 33.6 Å². The van der Waals surface area contributed by atoms with Gasteiger partial charge in [-0.05, 0) is 51.4 Å². The van der Waals surface area contributed by atoms with Crippen LogP contribution in [0.1, 0.15) is 51.4 Å². The van der Waals surface area contributed by atoms with Gasteiger partial charge in [0.25, 0.3) is 0 Å². The van der Waals surface area contributed by atoms with E-state index in [0.29, 0.717) is 0 Å². The van der Waals surface area contributed by atoms with E-state index in [1.54, 1.807) is 0 Å². The third kappa shape index (κ3) is 8.71. The molecule has 0 saturated carbocycles. The molecule has 2 radical (unpaired) electrons. The Balaban J connectivity index is 0.000000233. The van der Waals surface area contributed by atoms with Gasteiger partial charge in [0.2, 0.25) is 0 Å². The SMILES string of the molecule is C1=CCCC=CCC1.C1=CCCC=CCC1.C[Si]1(C)O[Si](C)(C)c2c3ccccc3c[c-]2-[c-]2cc3ccccc3c21.[Rh].[Rh]. The molecule has 0 spiro atoms. The summed E-state index contributed by atoms with van der Waals surface area (Å²) in [5.74, 6) is 0. The first-order chi connectivity index (χ1) is 19.9. The van der Waals surface area contributed by atoms with Crippen molar-refractivity contribution in [2.75, 3.05) is 0 Å². The minimum Gasteiger partial charge on any atom is -0.462 e. The number of rotatable bonds is 0. The van der Waals surface area contributed by atoms with Crippen molar-refractivity contribution in [1.29, 1.82) is 0 Å². The van der Waals surface area contributed by atoms with E-state index in [1.165, 1.54) is 94.4 Å². The summed E-state index contributed by atoms with van der Waals surface area (Å²) in [7, 11) is -3.99. The second-order valence-electron chi connectivity index (χ2n) is 12.4. The van der Waals surface area contributed by atoms with Gasteiger partial charge in [-0.25, -0.2) is 0 Å². The number of hydrogen-bond acceptors (Lipinski definition) is 1. The molecule has 2 aliphatic carbocycles. The monoisotopic (exact) mass is 780 g/mol. The Labute approximate surface area is 287 Å². The summed E-state index contributed by atoms with van der Waals surface area (Å²) >= 11 is 0. The average molecular weight is 781 g/mol. The van der Waals surface area contributed by atoms with Gasteiger partial charge in [0.15, 0.2) is 16.6 Å². The first kappa shape index (κ1) is 35.7. The zero-order valence-electron chi connectivity index (χ0n) is 26.1. The Hall–Kier alpha value is -1.74. The van der Waals surface area contributed by atoms with Crippen LogP contribution in [0, 0.1) is 0 Å². The number of allylic oxidation sites excluding steroid dienone is 8.